The molecule has 0 aliphatic carbocycles. The van der Waals surface area contributed by atoms with Gasteiger partial charge in [0, 0.05) is 32.0 Å². The molecule has 100 valence electrons. The smallest absolute Gasteiger partial charge is 0.0411 e. The number of nitrogens with one attached hydrogen (secondary N) is 1. The summed E-state index contributed by atoms with van der Waals surface area (Å²) >= 11 is 0. The summed E-state index contributed by atoms with van der Waals surface area (Å²) < 4.78 is 0. The Hall–Kier alpha value is -1.96. The van der Waals surface area contributed by atoms with Gasteiger partial charge < -0.3 is 10.2 Å². The molecule has 0 saturated heterocycles. The second-order valence-electron chi connectivity index (χ2n) is 5.24. The van der Waals surface area contributed by atoms with Gasteiger partial charge in [0.15, 0.2) is 0 Å². The van der Waals surface area contributed by atoms with Crippen molar-refractivity contribution in [3.8, 4) is 0 Å². The molecule has 2 heteroatoms. The van der Waals surface area contributed by atoms with Crippen molar-refractivity contribution in [2.45, 2.75) is 20.4 Å². The van der Waals surface area contributed by atoms with Crippen LogP contribution in [0.25, 0.3) is 0 Å². The third-order valence-corrected chi connectivity index (χ3v) is 3.27. The molecular formula is C17H22N2. The predicted molar refractivity (Wildman–Crippen MR) is 84.0 cm³/mol. The number of nitrogens with zero attached hydrogens (tertiary/aromatic N) is 1. The summed E-state index contributed by atoms with van der Waals surface area (Å²) in [7, 11) is 4.15. The molecule has 0 bridgehead atoms. The lowest BCUT2D eigenvalue weighted by atomic mass is 10.1. The Morgan fingerprint density at radius 1 is 1.00 bits per heavy atom. The van der Waals surface area contributed by atoms with Crippen molar-refractivity contribution in [3.05, 3.63) is 59.2 Å². The van der Waals surface area contributed by atoms with E-state index in [1.807, 2.05) is 0 Å². The van der Waals surface area contributed by atoms with E-state index in [0.717, 1.165) is 12.2 Å². The van der Waals surface area contributed by atoms with Crippen LogP contribution < -0.4 is 10.2 Å². The Bertz CT molecular complexity index is 559. The molecule has 0 aliphatic heterocycles. The first-order chi connectivity index (χ1) is 9.06. The molecule has 0 aliphatic rings. The van der Waals surface area contributed by atoms with Crippen molar-refractivity contribution < 1.29 is 0 Å². The Balaban J connectivity index is 2.09. The second-order valence-corrected chi connectivity index (χ2v) is 5.24. The fourth-order valence-corrected chi connectivity index (χ4v) is 2.23. The Morgan fingerprint density at radius 3 is 2.47 bits per heavy atom. The largest absolute Gasteiger partial charge is 0.381 e. The van der Waals surface area contributed by atoms with Gasteiger partial charge in [0.1, 0.15) is 0 Å². The fourth-order valence-electron chi connectivity index (χ4n) is 2.23. The molecule has 0 aromatic heterocycles. The van der Waals surface area contributed by atoms with Crippen LogP contribution in [0.5, 0.6) is 0 Å². The van der Waals surface area contributed by atoms with Gasteiger partial charge in [-0.3, -0.25) is 0 Å². The van der Waals surface area contributed by atoms with E-state index in [1.54, 1.807) is 0 Å². The highest BCUT2D eigenvalue weighted by Crippen LogP contribution is 2.22. The number of benzene rings is 2. The van der Waals surface area contributed by atoms with Crippen LogP contribution in [0.4, 0.5) is 11.4 Å². The summed E-state index contributed by atoms with van der Waals surface area (Å²) in [5.74, 6) is 0. The van der Waals surface area contributed by atoms with Gasteiger partial charge >= 0.3 is 0 Å². The zero-order valence-corrected chi connectivity index (χ0v) is 12.2. The van der Waals surface area contributed by atoms with Crippen molar-refractivity contribution in [3.63, 3.8) is 0 Å². The summed E-state index contributed by atoms with van der Waals surface area (Å²) in [5, 5.41) is 3.48. The van der Waals surface area contributed by atoms with E-state index in [4.69, 9.17) is 0 Å². The van der Waals surface area contributed by atoms with Crippen LogP contribution in [0.2, 0.25) is 0 Å². The van der Waals surface area contributed by atoms with Crippen LogP contribution in [0.1, 0.15) is 16.7 Å². The minimum Gasteiger partial charge on any atom is -0.381 e. The molecule has 0 radical (unpaired) electrons. The van der Waals surface area contributed by atoms with Crippen LogP contribution in [0.15, 0.2) is 42.5 Å². The average molecular weight is 254 g/mol. The normalized spacial score (nSPS) is 10.3. The first-order valence-electron chi connectivity index (χ1n) is 6.63. The molecule has 2 rings (SSSR count). The first-order valence-corrected chi connectivity index (χ1v) is 6.63. The van der Waals surface area contributed by atoms with Crippen LogP contribution in [-0.4, -0.2) is 14.1 Å². The molecule has 0 saturated carbocycles. The van der Waals surface area contributed by atoms with Gasteiger partial charge in [-0.15, -0.1) is 0 Å². The highest BCUT2D eigenvalue weighted by atomic mass is 15.1. The monoisotopic (exact) mass is 254 g/mol. The molecule has 0 spiro atoms. The van der Waals surface area contributed by atoms with E-state index in [0.29, 0.717) is 0 Å². The van der Waals surface area contributed by atoms with Gasteiger partial charge in [-0.05, 0) is 37.1 Å². The maximum atomic E-state index is 3.48. The van der Waals surface area contributed by atoms with Crippen molar-refractivity contribution in [1.82, 2.24) is 0 Å². The average Bonchev–Trinajstić information content (AvgIpc) is 2.37. The standard InChI is InChI=1S/C17H22N2/c1-13-6-5-7-15(10-13)12-18-16-9-8-14(2)17(11-16)19(3)4/h5-11,18H,12H2,1-4H3. The summed E-state index contributed by atoms with van der Waals surface area (Å²) in [4.78, 5) is 2.15. The minimum absolute atomic E-state index is 0.859. The Morgan fingerprint density at radius 2 is 1.79 bits per heavy atom. The van der Waals surface area contributed by atoms with E-state index in [2.05, 4.69) is 80.6 Å². The van der Waals surface area contributed by atoms with Gasteiger partial charge in [0.25, 0.3) is 0 Å². The fraction of sp³-hybridized carbons (Fsp3) is 0.294. The van der Waals surface area contributed by atoms with E-state index in [-0.39, 0.29) is 0 Å². The number of anilines is 2. The number of aryl methyl sites for hydroxylation is 2. The van der Waals surface area contributed by atoms with Crippen molar-refractivity contribution in [1.29, 1.82) is 0 Å². The lowest BCUT2D eigenvalue weighted by molar-refractivity contribution is 1.10. The third-order valence-electron chi connectivity index (χ3n) is 3.27. The van der Waals surface area contributed by atoms with Crippen LogP contribution >= 0.6 is 0 Å². The zero-order valence-electron chi connectivity index (χ0n) is 12.2. The molecule has 2 nitrogen and oxygen atoms in total. The van der Waals surface area contributed by atoms with E-state index in [9.17, 15) is 0 Å². The molecule has 2 aromatic rings. The lowest BCUT2D eigenvalue weighted by Gasteiger charge is -2.17. The topological polar surface area (TPSA) is 15.3 Å². The summed E-state index contributed by atoms with van der Waals surface area (Å²) in [6.45, 7) is 5.12. The SMILES string of the molecule is Cc1cccc(CNc2ccc(C)c(N(C)C)c2)c1. The Labute approximate surface area is 116 Å². The van der Waals surface area contributed by atoms with Gasteiger partial charge in [0.2, 0.25) is 0 Å². The highest BCUT2D eigenvalue weighted by Gasteiger charge is 2.02. The summed E-state index contributed by atoms with van der Waals surface area (Å²) in [6, 6.07) is 15.1. The zero-order chi connectivity index (χ0) is 13.8. The molecule has 19 heavy (non-hydrogen) atoms. The molecule has 2 aromatic carbocycles. The van der Waals surface area contributed by atoms with Crippen LogP contribution in [0.3, 0.4) is 0 Å². The quantitative estimate of drug-likeness (QED) is 0.887. The van der Waals surface area contributed by atoms with E-state index >= 15 is 0 Å². The summed E-state index contributed by atoms with van der Waals surface area (Å²) in [5.41, 5.74) is 6.33. The van der Waals surface area contributed by atoms with E-state index < -0.39 is 0 Å². The van der Waals surface area contributed by atoms with Crippen molar-refractivity contribution >= 4 is 11.4 Å². The number of rotatable bonds is 4. The van der Waals surface area contributed by atoms with Gasteiger partial charge in [-0.25, -0.2) is 0 Å². The van der Waals surface area contributed by atoms with Crippen molar-refractivity contribution in [2.24, 2.45) is 0 Å². The molecule has 0 atom stereocenters. The summed E-state index contributed by atoms with van der Waals surface area (Å²) in [6.07, 6.45) is 0. The number of hydrogen-bond donors (Lipinski definition) is 1. The van der Waals surface area contributed by atoms with Gasteiger partial charge in [-0.1, -0.05) is 35.9 Å². The maximum Gasteiger partial charge on any atom is 0.0411 e. The molecule has 0 heterocycles. The number of hydrogen-bond acceptors (Lipinski definition) is 2. The maximum absolute atomic E-state index is 3.48. The highest BCUT2D eigenvalue weighted by molar-refractivity contribution is 5.61. The predicted octanol–water partition coefficient (Wildman–Crippen LogP) is 3.98. The van der Waals surface area contributed by atoms with E-state index in [1.165, 1.54) is 22.4 Å². The van der Waals surface area contributed by atoms with Gasteiger partial charge in [0.05, 0.1) is 0 Å². The molecular weight excluding hydrogens is 232 g/mol. The molecule has 0 fully saturated rings. The first kappa shape index (κ1) is 13.5. The molecule has 0 unspecified atom stereocenters. The van der Waals surface area contributed by atoms with Gasteiger partial charge in [-0.2, -0.15) is 0 Å². The molecule has 0 amide bonds. The molecule has 1 N–H and O–H groups in total. The Kier molecular flexibility index (Phi) is 4.10. The van der Waals surface area contributed by atoms with Crippen LogP contribution in [0, 0.1) is 13.8 Å². The van der Waals surface area contributed by atoms with Crippen molar-refractivity contribution in [2.75, 3.05) is 24.3 Å². The third kappa shape index (κ3) is 3.50. The van der Waals surface area contributed by atoms with Crippen LogP contribution in [-0.2, 0) is 6.54 Å². The lowest BCUT2D eigenvalue weighted by Crippen LogP contribution is -2.11. The second kappa shape index (κ2) is 5.79. The minimum atomic E-state index is 0.859.